The highest BCUT2D eigenvalue weighted by molar-refractivity contribution is 8.02. The highest BCUT2D eigenvalue weighted by atomic mass is 35.5. The molecule has 23 nitrogen and oxygen atoms in total. The van der Waals surface area contributed by atoms with Crippen molar-refractivity contribution in [1.29, 1.82) is 0 Å². The number of aromatic nitrogens is 2. The molecule has 0 unspecified atom stereocenters. The van der Waals surface area contributed by atoms with Gasteiger partial charge >= 0.3 is 18.0 Å². The molecule has 1 saturated carbocycles. The summed E-state index contributed by atoms with van der Waals surface area (Å²) in [5.41, 5.74) is 5.32. The van der Waals surface area contributed by atoms with Crippen LogP contribution in [0.2, 0.25) is 5.02 Å². The van der Waals surface area contributed by atoms with E-state index in [4.69, 9.17) is 22.2 Å². The molecule has 55 heavy (non-hydrogen) atoms. The van der Waals surface area contributed by atoms with Crippen molar-refractivity contribution < 1.29 is 63.6 Å². The van der Waals surface area contributed by atoms with E-state index in [0.29, 0.717) is 29.7 Å². The third-order valence-electron chi connectivity index (χ3n) is 9.08. The van der Waals surface area contributed by atoms with Crippen molar-refractivity contribution >= 4 is 93.1 Å². The molecule has 1 aliphatic carbocycles. The number of anilines is 1. The smallest absolute Gasteiger partial charge is 0.350 e. The van der Waals surface area contributed by atoms with Gasteiger partial charge in [0.2, 0.25) is 33.8 Å². The quantitative estimate of drug-likeness (QED) is 0.0261. The standard InChI is InChI=1S/C29H29ClN10O13S2/c30-14-11(2-3-12(41)18(14)44)17(43)21(46)32-7-4-13(42)35-40-9-8-39(27(40)52)29(25(50)51)10-38-22(47)16(23(38)54-29)33-20(45)15(19-34-26(31)55-37-19)36-53-28(24(48)49)5-1-6-28/h2-3,16,23,41,44H,1,4-10H2,(H,32,46)(H,33,45)(H,35,42)(H,48,49)(H,50,51)(H2,31,34,37)/b36-15-/t16-,23-,29-/m1/s1. The van der Waals surface area contributed by atoms with Gasteiger partial charge in [0.15, 0.2) is 16.6 Å². The molecule has 26 heteroatoms. The van der Waals surface area contributed by atoms with Crippen molar-refractivity contribution in [1.82, 2.24) is 40.2 Å². The molecule has 6 amide bonds. The normalized spacial score (nSPS) is 22.6. The monoisotopic (exact) mass is 824 g/mol. The van der Waals surface area contributed by atoms with E-state index in [1.54, 1.807) is 0 Å². The molecule has 4 aliphatic rings. The molecule has 1 aromatic carbocycles. The van der Waals surface area contributed by atoms with E-state index >= 15 is 0 Å². The molecule has 1 aromatic heterocycles. The van der Waals surface area contributed by atoms with Crippen LogP contribution >= 0.6 is 34.9 Å². The molecule has 0 bridgehead atoms. The summed E-state index contributed by atoms with van der Waals surface area (Å²) in [5.74, 6) is -9.36. The van der Waals surface area contributed by atoms with Gasteiger partial charge in [-0.1, -0.05) is 28.5 Å². The number of rotatable bonds is 14. The lowest BCUT2D eigenvalue weighted by atomic mass is 9.80. The van der Waals surface area contributed by atoms with Crippen LogP contribution in [0.1, 0.15) is 41.9 Å². The number of phenolic OH excluding ortho intramolecular Hbond substituents is 2. The van der Waals surface area contributed by atoms with Crippen molar-refractivity contribution in [3.63, 3.8) is 0 Å². The van der Waals surface area contributed by atoms with Gasteiger partial charge in [0, 0.05) is 43.9 Å². The van der Waals surface area contributed by atoms with Gasteiger partial charge in [-0.25, -0.2) is 19.4 Å². The Morgan fingerprint density at radius 1 is 1.07 bits per heavy atom. The first-order chi connectivity index (χ1) is 26.0. The van der Waals surface area contributed by atoms with E-state index in [1.807, 2.05) is 0 Å². The Hall–Kier alpha value is -5.95. The Bertz CT molecular complexity index is 2060. The van der Waals surface area contributed by atoms with Crippen molar-refractivity contribution in [3.8, 4) is 11.5 Å². The van der Waals surface area contributed by atoms with Crippen LogP contribution in [0.4, 0.5) is 9.93 Å². The number of halogens is 1. The van der Waals surface area contributed by atoms with E-state index in [2.05, 4.69) is 30.6 Å². The Kier molecular flexibility index (Phi) is 10.4. The fourth-order valence-corrected chi connectivity index (χ4v) is 8.23. The predicted octanol–water partition coefficient (Wildman–Crippen LogP) is -1.75. The van der Waals surface area contributed by atoms with Crippen molar-refractivity contribution in [2.24, 2.45) is 5.16 Å². The third-order valence-corrected chi connectivity index (χ3v) is 11.7. The number of amides is 6. The molecule has 3 aliphatic heterocycles. The fraction of sp³-hybridized carbons (Fsp3) is 0.414. The number of carbonyl (C=O) groups is 8. The second-order valence-corrected chi connectivity index (χ2v) is 15.0. The maximum absolute atomic E-state index is 13.4. The largest absolute Gasteiger partial charge is 0.504 e. The molecular formula is C29H29ClN10O13S2. The Morgan fingerprint density at radius 2 is 1.80 bits per heavy atom. The fourth-order valence-electron chi connectivity index (χ4n) is 5.91. The summed E-state index contributed by atoms with van der Waals surface area (Å²) in [6.07, 6.45) is 0.367. The second-order valence-electron chi connectivity index (χ2n) is 12.4. The lowest BCUT2D eigenvalue weighted by Crippen LogP contribution is -2.68. The molecule has 9 N–H and O–H groups in total. The van der Waals surface area contributed by atoms with Crippen LogP contribution in [0.25, 0.3) is 0 Å². The number of ketones is 1. The van der Waals surface area contributed by atoms with Gasteiger partial charge < -0.3 is 46.5 Å². The summed E-state index contributed by atoms with van der Waals surface area (Å²) in [7, 11) is 0. The van der Waals surface area contributed by atoms with Crippen molar-refractivity contribution in [2.75, 3.05) is 31.9 Å². The molecule has 3 saturated heterocycles. The number of urea groups is 1. The molecule has 6 rings (SSSR count). The van der Waals surface area contributed by atoms with Crippen LogP contribution in [0, 0.1) is 0 Å². The zero-order chi connectivity index (χ0) is 40.0. The van der Waals surface area contributed by atoms with Crippen LogP contribution in [0.15, 0.2) is 17.3 Å². The average molecular weight is 825 g/mol. The summed E-state index contributed by atoms with van der Waals surface area (Å²) >= 11 is 7.24. The van der Waals surface area contributed by atoms with Crippen LogP contribution in [-0.4, -0.2) is 146 Å². The number of hydrogen-bond donors (Lipinski definition) is 8. The predicted molar refractivity (Wildman–Crippen MR) is 185 cm³/mol. The van der Waals surface area contributed by atoms with Gasteiger partial charge in [0.25, 0.3) is 17.6 Å². The van der Waals surface area contributed by atoms with Gasteiger partial charge in [-0.2, -0.15) is 9.36 Å². The summed E-state index contributed by atoms with van der Waals surface area (Å²) < 4.78 is 3.93. The van der Waals surface area contributed by atoms with Gasteiger partial charge in [0.1, 0.15) is 11.4 Å². The molecule has 4 fully saturated rings. The lowest BCUT2D eigenvalue weighted by Gasteiger charge is -2.41. The van der Waals surface area contributed by atoms with Crippen LogP contribution in [-0.2, 0) is 33.6 Å². The maximum Gasteiger partial charge on any atom is 0.350 e. The summed E-state index contributed by atoms with van der Waals surface area (Å²) in [6.45, 7) is -1.23. The number of carboxylic acid groups (broad SMARTS) is 2. The highest BCUT2D eigenvalue weighted by Gasteiger charge is 2.66. The molecule has 292 valence electrons. The number of thioether (sulfide) groups is 1. The minimum Gasteiger partial charge on any atom is -0.504 e. The van der Waals surface area contributed by atoms with Gasteiger partial charge in [-0.15, -0.1) is 0 Å². The molecule has 3 atom stereocenters. The number of nitrogen functional groups attached to an aromatic ring is 1. The molecule has 4 heterocycles. The van der Waals surface area contributed by atoms with E-state index in [-0.39, 0.29) is 43.4 Å². The molecular weight excluding hydrogens is 796 g/mol. The first kappa shape index (κ1) is 38.8. The van der Waals surface area contributed by atoms with Crippen LogP contribution < -0.4 is 21.8 Å². The van der Waals surface area contributed by atoms with E-state index in [9.17, 15) is 58.8 Å². The highest BCUT2D eigenvalue weighted by Crippen LogP contribution is 2.49. The van der Waals surface area contributed by atoms with Crippen LogP contribution in [0.3, 0.4) is 0 Å². The Balaban J connectivity index is 1.06. The number of nitrogens with two attached hydrogens (primary N) is 1. The summed E-state index contributed by atoms with van der Waals surface area (Å²) in [5, 5.41) is 46.8. The Labute approximate surface area is 320 Å². The van der Waals surface area contributed by atoms with E-state index in [1.165, 1.54) is 0 Å². The topological polar surface area (TPSA) is 337 Å². The number of hydrazine groups is 1. The van der Waals surface area contributed by atoms with Gasteiger partial charge in [-0.05, 0) is 18.6 Å². The summed E-state index contributed by atoms with van der Waals surface area (Å²) in [4.78, 5) is 111. The Morgan fingerprint density at radius 3 is 2.42 bits per heavy atom. The maximum atomic E-state index is 13.4. The van der Waals surface area contributed by atoms with Crippen molar-refractivity contribution in [3.05, 3.63) is 28.5 Å². The van der Waals surface area contributed by atoms with Gasteiger partial charge in [0.05, 0.1) is 23.7 Å². The third kappa shape index (κ3) is 6.95. The number of oxime groups is 1. The number of nitrogens with zero attached hydrogens (tertiary/aromatic N) is 6. The SMILES string of the molecule is Nc1nc(/C(=N/OC2(C(=O)O)CCC2)C(=O)N[C@@H]2C(=O)N3C[C@@](C(=O)O)(N4CCN(NC(=O)CCNC(=O)C(=O)c5ccc(O)c(O)c5Cl)C4=O)S[C@H]23)ns1. The first-order valence-corrected chi connectivity index (χ1v) is 18.1. The number of benzene rings is 1. The average Bonchev–Trinajstić information content (AvgIpc) is 3.82. The number of fused-ring (bicyclic) bond motifs is 1. The zero-order valence-corrected chi connectivity index (χ0v) is 30.3. The number of carbonyl (C=O) groups excluding carboxylic acids is 6. The zero-order valence-electron chi connectivity index (χ0n) is 27.9. The molecule has 2 aromatic rings. The summed E-state index contributed by atoms with van der Waals surface area (Å²) in [6, 6.07) is -0.267. The lowest BCUT2D eigenvalue weighted by molar-refractivity contribution is -0.178. The first-order valence-electron chi connectivity index (χ1n) is 16.0. The number of β-lactam (4-membered cyclic amide) rings is 1. The van der Waals surface area contributed by atoms with E-state index in [0.717, 1.165) is 26.9 Å². The van der Waals surface area contributed by atoms with Gasteiger partial charge in [-0.3, -0.25) is 34.3 Å². The number of aromatic hydroxyl groups is 2. The number of carboxylic acids is 2. The second kappa shape index (κ2) is 14.7. The molecule has 0 spiro atoms. The van der Waals surface area contributed by atoms with E-state index < -0.39 is 110 Å². The minimum atomic E-state index is -2.04. The van der Waals surface area contributed by atoms with Crippen molar-refractivity contribution in [2.45, 2.75) is 47.6 Å². The number of Topliss-reactive ketones (excluding diaryl/α,β-unsaturated/α-hetero) is 1. The minimum absolute atomic E-state index is 0.0466. The number of hydrogen-bond acceptors (Lipinski definition) is 17. The number of phenols is 2. The molecule has 0 radical (unpaired) electrons. The number of nitrogens with one attached hydrogen (secondary N) is 3. The number of aliphatic carboxylic acids is 2. The van der Waals surface area contributed by atoms with Crippen LogP contribution in [0.5, 0.6) is 11.5 Å².